The monoisotopic (exact) mass is 417 g/mol. The van der Waals surface area contributed by atoms with E-state index in [1.54, 1.807) is 31.3 Å². The lowest BCUT2D eigenvalue weighted by molar-refractivity contribution is 0.594. The zero-order valence-electron chi connectivity index (χ0n) is 11.0. The molecular formula is C14H13Br2NO2S. The molecular weight excluding hydrogens is 406 g/mol. The Morgan fingerprint density at radius 2 is 1.60 bits per heavy atom. The Bertz CT molecular complexity index is 730. The third-order valence-electron chi connectivity index (χ3n) is 2.97. The van der Waals surface area contributed by atoms with Gasteiger partial charge in [0.15, 0.2) is 0 Å². The second kappa shape index (κ2) is 5.87. The number of rotatable bonds is 3. The van der Waals surface area contributed by atoms with Gasteiger partial charge in [0.2, 0.25) is 0 Å². The molecule has 0 amide bonds. The highest BCUT2D eigenvalue weighted by Gasteiger charge is 2.24. The second-order valence-electron chi connectivity index (χ2n) is 4.34. The normalized spacial score (nSPS) is 11.4. The summed E-state index contributed by atoms with van der Waals surface area (Å²) in [5.41, 5.74) is 1.59. The van der Waals surface area contributed by atoms with Gasteiger partial charge in [-0.3, -0.25) is 4.31 Å². The van der Waals surface area contributed by atoms with Crippen LogP contribution in [0.2, 0.25) is 0 Å². The number of halogens is 2. The van der Waals surface area contributed by atoms with E-state index in [0.717, 1.165) is 10.0 Å². The van der Waals surface area contributed by atoms with Crippen molar-refractivity contribution in [2.75, 3.05) is 11.4 Å². The van der Waals surface area contributed by atoms with E-state index in [2.05, 4.69) is 31.9 Å². The number of hydrogen-bond donors (Lipinski definition) is 0. The molecule has 106 valence electrons. The van der Waals surface area contributed by atoms with Gasteiger partial charge in [0.1, 0.15) is 4.90 Å². The molecule has 0 heterocycles. The minimum Gasteiger partial charge on any atom is -0.269 e. The zero-order valence-corrected chi connectivity index (χ0v) is 15.0. The third-order valence-corrected chi connectivity index (χ3v) is 6.57. The Kier molecular flexibility index (Phi) is 4.56. The van der Waals surface area contributed by atoms with Gasteiger partial charge in [-0.15, -0.1) is 0 Å². The molecule has 0 atom stereocenters. The van der Waals surface area contributed by atoms with Crippen LogP contribution in [0, 0.1) is 6.92 Å². The molecule has 0 unspecified atom stereocenters. The van der Waals surface area contributed by atoms with E-state index in [9.17, 15) is 8.42 Å². The maximum atomic E-state index is 12.7. The summed E-state index contributed by atoms with van der Waals surface area (Å²) in [7, 11) is -2.06. The number of nitrogens with zero attached hydrogens (tertiary/aromatic N) is 1. The van der Waals surface area contributed by atoms with Gasteiger partial charge in [-0.05, 0) is 52.7 Å². The summed E-state index contributed by atoms with van der Waals surface area (Å²) < 4.78 is 28.0. The van der Waals surface area contributed by atoms with E-state index in [-0.39, 0.29) is 4.90 Å². The van der Waals surface area contributed by atoms with Gasteiger partial charge in [0.25, 0.3) is 10.0 Å². The Morgan fingerprint density at radius 1 is 1.00 bits per heavy atom. The van der Waals surface area contributed by atoms with Crippen molar-refractivity contribution in [3.05, 3.63) is 57.0 Å². The highest BCUT2D eigenvalue weighted by molar-refractivity contribution is 9.11. The molecule has 6 heteroatoms. The lowest BCUT2D eigenvalue weighted by atomic mass is 10.2. The van der Waals surface area contributed by atoms with Crippen LogP contribution in [0.25, 0.3) is 0 Å². The van der Waals surface area contributed by atoms with Crippen molar-refractivity contribution in [1.82, 2.24) is 0 Å². The van der Waals surface area contributed by atoms with Gasteiger partial charge >= 0.3 is 0 Å². The van der Waals surface area contributed by atoms with Crippen molar-refractivity contribution < 1.29 is 8.42 Å². The van der Waals surface area contributed by atoms with Crippen LogP contribution in [-0.4, -0.2) is 15.5 Å². The molecule has 3 nitrogen and oxygen atoms in total. The van der Waals surface area contributed by atoms with Gasteiger partial charge < -0.3 is 0 Å². The number of para-hydroxylation sites is 1. The van der Waals surface area contributed by atoms with E-state index in [1.807, 2.05) is 25.1 Å². The van der Waals surface area contributed by atoms with Crippen molar-refractivity contribution in [3.8, 4) is 0 Å². The van der Waals surface area contributed by atoms with Crippen LogP contribution in [0.3, 0.4) is 0 Å². The summed E-state index contributed by atoms with van der Waals surface area (Å²) in [6.45, 7) is 1.91. The third kappa shape index (κ3) is 2.92. The first-order valence-corrected chi connectivity index (χ1v) is 8.86. The van der Waals surface area contributed by atoms with E-state index in [4.69, 9.17) is 0 Å². The number of aryl methyl sites for hydroxylation is 1. The summed E-state index contributed by atoms with van der Waals surface area (Å²) in [5.74, 6) is 0. The Morgan fingerprint density at radius 3 is 2.20 bits per heavy atom. The highest BCUT2D eigenvalue weighted by Crippen LogP contribution is 2.32. The standard InChI is InChI=1S/C14H13Br2NO2S/c1-10-8-13(16)14(9-12(10)15)20(18,19)17(2)11-6-4-3-5-7-11/h3-9H,1-2H3. The Hall–Kier alpha value is -0.850. The summed E-state index contributed by atoms with van der Waals surface area (Å²) in [6.07, 6.45) is 0. The minimum absolute atomic E-state index is 0.237. The van der Waals surface area contributed by atoms with Gasteiger partial charge in [-0.1, -0.05) is 34.1 Å². The van der Waals surface area contributed by atoms with Crippen molar-refractivity contribution in [2.24, 2.45) is 0 Å². The molecule has 2 aromatic carbocycles. The summed E-state index contributed by atoms with van der Waals surface area (Å²) in [5, 5.41) is 0. The molecule has 2 aromatic rings. The van der Waals surface area contributed by atoms with Crippen LogP contribution >= 0.6 is 31.9 Å². The molecule has 0 aromatic heterocycles. The van der Waals surface area contributed by atoms with Crippen molar-refractivity contribution in [1.29, 1.82) is 0 Å². The van der Waals surface area contributed by atoms with Crippen LogP contribution < -0.4 is 4.31 Å². The van der Waals surface area contributed by atoms with Gasteiger partial charge in [0, 0.05) is 16.0 Å². The van der Waals surface area contributed by atoms with E-state index < -0.39 is 10.0 Å². The first-order chi connectivity index (χ1) is 9.34. The predicted molar refractivity (Wildman–Crippen MR) is 88.6 cm³/mol. The molecule has 0 saturated heterocycles. The molecule has 0 radical (unpaired) electrons. The predicted octanol–water partition coefficient (Wildman–Crippen LogP) is 4.35. The van der Waals surface area contributed by atoms with Crippen LogP contribution in [0.1, 0.15) is 5.56 Å². The van der Waals surface area contributed by atoms with Gasteiger partial charge in [-0.25, -0.2) is 8.42 Å². The van der Waals surface area contributed by atoms with Crippen molar-refractivity contribution in [3.63, 3.8) is 0 Å². The van der Waals surface area contributed by atoms with Gasteiger partial charge in [0.05, 0.1) is 5.69 Å². The first kappa shape index (κ1) is 15.5. The number of sulfonamides is 1. The molecule has 2 rings (SSSR count). The van der Waals surface area contributed by atoms with Crippen LogP contribution in [0.4, 0.5) is 5.69 Å². The van der Waals surface area contributed by atoms with Crippen molar-refractivity contribution in [2.45, 2.75) is 11.8 Å². The number of hydrogen-bond acceptors (Lipinski definition) is 2. The molecule has 0 bridgehead atoms. The fourth-order valence-electron chi connectivity index (χ4n) is 1.75. The Labute approximate surface area is 135 Å². The molecule has 0 aliphatic rings. The quantitative estimate of drug-likeness (QED) is 0.743. The molecule has 0 N–H and O–H groups in total. The topological polar surface area (TPSA) is 37.4 Å². The van der Waals surface area contributed by atoms with Crippen LogP contribution in [0.15, 0.2) is 56.3 Å². The van der Waals surface area contributed by atoms with E-state index in [1.165, 1.54) is 4.31 Å². The fourth-order valence-corrected chi connectivity index (χ4v) is 4.58. The average Bonchev–Trinajstić information content (AvgIpc) is 2.42. The first-order valence-electron chi connectivity index (χ1n) is 5.83. The number of benzene rings is 2. The molecule has 20 heavy (non-hydrogen) atoms. The Balaban J connectivity index is 2.54. The molecule has 0 fully saturated rings. The maximum absolute atomic E-state index is 12.7. The van der Waals surface area contributed by atoms with Crippen LogP contribution in [0.5, 0.6) is 0 Å². The number of anilines is 1. The molecule has 0 saturated carbocycles. The summed E-state index contributed by atoms with van der Waals surface area (Å²) in [6, 6.07) is 12.4. The lowest BCUT2D eigenvalue weighted by Crippen LogP contribution is -2.26. The van der Waals surface area contributed by atoms with Crippen LogP contribution in [-0.2, 0) is 10.0 Å². The second-order valence-corrected chi connectivity index (χ2v) is 7.99. The van der Waals surface area contributed by atoms with E-state index >= 15 is 0 Å². The SMILES string of the molecule is Cc1cc(Br)c(S(=O)(=O)N(C)c2ccccc2)cc1Br. The molecule has 0 aliphatic heterocycles. The molecule has 0 spiro atoms. The van der Waals surface area contributed by atoms with Crippen molar-refractivity contribution >= 4 is 47.6 Å². The lowest BCUT2D eigenvalue weighted by Gasteiger charge is -2.20. The highest BCUT2D eigenvalue weighted by atomic mass is 79.9. The summed E-state index contributed by atoms with van der Waals surface area (Å²) >= 11 is 6.71. The zero-order chi connectivity index (χ0) is 14.9. The van der Waals surface area contributed by atoms with E-state index in [0.29, 0.717) is 10.2 Å². The smallest absolute Gasteiger partial charge is 0.265 e. The average molecular weight is 419 g/mol. The minimum atomic E-state index is -3.61. The van der Waals surface area contributed by atoms with Gasteiger partial charge in [-0.2, -0.15) is 0 Å². The maximum Gasteiger partial charge on any atom is 0.265 e. The largest absolute Gasteiger partial charge is 0.269 e. The fraction of sp³-hybridized carbons (Fsp3) is 0.143. The molecule has 0 aliphatic carbocycles. The summed E-state index contributed by atoms with van der Waals surface area (Å²) in [4.78, 5) is 0.237.